The topological polar surface area (TPSA) is 24.9 Å². The van der Waals surface area contributed by atoms with Crippen molar-refractivity contribution in [2.75, 3.05) is 6.54 Å². The molecule has 3 rings (SSSR count). The fourth-order valence-corrected chi connectivity index (χ4v) is 4.78. The summed E-state index contributed by atoms with van der Waals surface area (Å²) in [6, 6.07) is 0. The molecule has 3 heteroatoms. The van der Waals surface area contributed by atoms with E-state index in [1.807, 2.05) is 11.3 Å². The smallest absolute Gasteiger partial charge is 0.113 e. The van der Waals surface area contributed by atoms with Gasteiger partial charge in [0.25, 0.3) is 0 Å². The Hall–Kier alpha value is -0.410. The van der Waals surface area contributed by atoms with Crippen LogP contribution in [0, 0.1) is 5.92 Å². The summed E-state index contributed by atoms with van der Waals surface area (Å²) in [6.07, 6.45) is 8.94. The van der Waals surface area contributed by atoms with E-state index in [4.69, 9.17) is 4.98 Å². The minimum Gasteiger partial charge on any atom is -0.305 e. The van der Waals surface area contributed by atoms with E-state index in [2.05, 4.69) is 19.2 Å². The van der Waals surface area contributed by atoms with Crippen LogP contribution in [0.2, 0.25) is 0 Å². The standard InChI is InChI=1S/C15H24N2S/c1-3-8-16-15(9-11(2)10-15)14-17-12-6-4-5-7-13(12)18-14/h11,16H,3-10H2,1-2H3. The zero-order valence-corrected chi connectivity index (χ0v) is 12.4. The van der Waals surface area contributed by atoms with Crippen LogP contribution in [-0.2, 0) is 18.4 Å². The van der Waals surface area contributed by atoms with Gasteiger partial charge in [-0.3, -0.25) is 0 Å². The van der Waals surface area contributed by atoms with Gasteiger partial charge in [-0.25, -0.2) is 4.98 Å². The van der Waals surface area contributed by atoms with E-state index in [-0.39, 0.29) is 5.54 Å². The quantitative estimate of drug-likeness (QED) is 0.898. The number of aryl methyl sites for hydroxylation is 2. The Bertz CT molecular complexity index is 395. The van der Waals surface area contributed by atoms with Crippen LogP contribution in [0.4, 0.5) is 0 Å². The Labute approximate surface area is 114 Å². The summed E-state index contributed by atoms with van der Waals surface area (Å²) in [4.78, 5) is 6.57. The van der Waals surface area contributed by atoms with E-state index < -0.39 is 0 Å². The van der Waals surface area contributed by atoms with Crippen molar-refractivity contribution in [2.45, 2.75) is 64.3 Å². The first-order valence-corrected chi connectivity index (χ1v) is 8.29. The van der Waals surface area contributed by atoms with Crippen LogP contribution < -0.4 is 5.32 Å². The molecule has 2 nitrogen and oxygen atoms in total. The van der Waals surface area contributed by atoms with Gasteiger partial charge >= 0.3 is 0 Å². The highest BCUT2D eigenvalue weighted by atomic mass is 32.1. The summed E-state index contributed by atoms with van der Waals surface area (Å²) in [5, 5.41) is 5.18. The van der Waals surface area contributed by atoms with Crippen molar-refractivity contribution < 1.29 is 0 Å². The molecule has 0 aliphatic heterocycles. The van der Waals surface area contributed by atoms with Crippen molar-refractivity contribution in [1.29, 1.82) is 0 Å². The molecule has 0 saturated heterocycles. The third-order valence-electron chi connectivity index (χ3n) is 4.36. The number of fused-ring (bicyclic) bond motifs is 1. The zero-order valence-electron chi connectivity index (χ0n) is 11.6. The second-order valence-corrected chi connectivity index (χ2v) is 7.20. The molecule has 1 aromatic rings. The van der Waals surface area contributed by atoms with Crippen molar-refractivity contribution in [2.24, 2.45) is 5.92 Å². The summed E-state index contributed by atoms with van der Waals surface area (Å²) < 4.78 is 0. The third kappa shape index (κ3) is 2.12. The van der Waals surface area contributed by atoms with Gasteiger partial charge in [-0.05, 0) is 57.4 Å². The highest BCUT2D eigenvalue weighted by molar-refractivity contribution is 7.11. The molecule has 1 aromatic heterocycles. The Balaban J connectivity index is 1.84. The van der Waals surface area contributed by atoms with E-state index in [1.54, 1.807) is 4.88 Å². The van der Waals surface area contributed by atoms with E-state index in [1.165, 1.54) is 55.6 Å². The summed E-state index contributed by atoms with van der Waals surface area (Å²) in [6.45, 7) is 5.73. The maximum atomic E-state index is 4.99. The minimum absolute atomic E-state index is 0.234. The number of thiazole rings is 1. The highest BCUT2D eigenvalue weighted by Crippen LogP contribution is 2.47. The van der Waals surface area contributed by atoms with Crippen LogP contribution in [0.25, 0.3) is 0 Å². The molecule has 0 atom stereocenters. The van der Waals surface area contributed by atoms with Crippen LogP contribution in [0.1, 0.15) is 61.5 Å². The van der Waals surface area contributed by atoms with Gasteiger partial charge in [-0.15, -0.1) is 11.3 Å². The van der Waals surface area contributed by atoms with E-state index in [0.29, 0.717) is 0 Å². The van der Waals surface area contributed by atoms with Gasteiger partial charge in [-0.1, -0.05) is 13.8 Å². The van der Waals surface area contributed by atoms with Crippen LogP contribution in [0.3, 0.4) is 0 Å². The minimum atomic E-state index is 0.234. The molecular formula is C15H24N2S. The molecule has 0 bridgehead atoms. The second kappa shape index (κ2) is 4.93. The van der Waals surface area contributed by atoms with Crippen LogP contribution in [0.5, 0.6) is 0 Å². The molecule has 0 radical (unpaired) electrons. The number of hydrogen-bond acceptors (Lipinski definition) is 3. The lowest BCUT2D eigenvalue weighted by Gasteiger charge is -2.46. The van der Waals surface area contributed by atoms with Gasteiger partial charge in [0.05, 0.1) is 11.2 Å². The predicted octanol–water partition coefficient (Wildman–Crippen LogP) is 3.65. The molecule has 1 heterocycles. The largest absolute Gasteiger partial charge is 0.305 e. The van der Waals surface area contributed by atoms with Gasteiger partial charge in [-0.2, -0.15) is 0 Å². The van der Waals surface area contributed by atoms with Gasteiger partial charge in [0.1, 0.15) is 5.01 Å². The van der Waals surface area contributed by atoms with Crippen LogP contribution >= 0.6 is 11.3 Å². The Morgan fingerprint density at radius 3 is 2.78 bits per heavy atom. The summed E-state index contributed by atoms with van der Waals surface area (Å²) in [5.41, 5.74) is 1.65. The van der Waals surface area contributed by atoms with Gasteiger partial charge in [0.15, 0.2) is 0 Å². The van der Waals surface area contributed by atoms with Crippen molar-refractivity contribution in [3.05, 3.63) is 15.6 Å². The first kappa shape index (κ1) is 12.6. The fraction of sp³-hybridized carbons (Fsp3) is 0.800. The lowest BCUT2D eigenvalue weighted by molar-refractivity contribution is 0.114. The molecule has 0 spiro atoms. The third-order valence-corrected chi connectivity index (χ3v) is 5.72. The van der Waals surface area contributed by atoms with Gasteiger partial charge in [0, 0.05) is 4.88 Å². The highest BCUT2D eigenvalue weighted by Gasteiger charge is 2.45. The molecule has 100 valence electrons. The number of aromatic nitrogens is 1. The number of rotatable bonds is 4. The lowest BCUT2D eigenvalue weighted by atomic mass is 9.69. The molecule has 1 saturated carbocycles. The van der Waals surface area contributed by atoms with Crippen molar-refractivity contribution in [1.82, 2.24) is 10.3 Å². The second-order valence-electron chi connectivity index (χ2n) is 6.12. The summed E-state index contributed by atoms with van der Waals surface area (Å²) in [5.74, 6) is 0.857. The predicted molar refractivity (Wildman–Crippen MR) is 77.1 cm³/mol. The first-order chi connectivity index (χ1) is 8.73. The number of hydrogen-bond donors (Lipinski definition) is 1. The average molecular weight is 264 g/mol. The first-order valence-electron chi connectivity index (χ1n) is 7.47. The van der Waals surface area contributed by atoms with E-state index in [9.17, 15) is 0 Å². The Morgan fingerprint density at radius 1 is 1.33 bits per heavy atom. The molecule has 0 aromatic carbocycles. The van der Waals surface area contributed by atoms with Crippen molar-refractivity contribution in [3.8, 4) is 0 Å². The normalized spacial score (nSPS) is 30.9. The van der Waals surface area contributed by atoms with Crippen molar-refractivity contribution >= 4 is 11.3 Å². The number of nitrogens with zero attached hydrogens (tertiary/aromatic N) is 1. The maximum Gasteiger partial charge on any atom is 0.113 e. The van der Waals surface area contributed by atoms with Gasteiger partial charge in [0.2, 0.25) is 0 Å². The summed E-state index contributed by atoms with van der Waals surface area (Å²) in [7, 11) is 0. The lowest BCUT2D eigenvalue weighted by Crippen LogP contribution is -2.52. The van der Waals surface area contributed by atoms with Crippen LogP contribution in [-0.4, -0.2) is 11.5 Å². The molecule has 1 N–H and O–H groups in total. The van der Waals surface area contributed by atoms with E-state index >= 15 is 0 Å². The molecule has 2 aliphatic rings. The molecule has 2 aliphatic carbocycles. The molecular weight excluding hydrogens is 240 g/mol. The maximum absolute atomic E-state index is 4.99. The van der Waals surface area contributed by atoms with Gasteiger partial charge < -0.3 is 5.32 Å². The Morgan fingerprint density at radius 2 is 2.11 bits per heavy atom. The molecule has 1 fully saturated rings. The molecule has 18 heavy (non-hydrogen) atoms. The monoisotopic (exact) mass is 264 g/mol. The van der Waals surface area contributed by atoms with E-state index in [0.717, 1.165) is 12.5 Å². The average Bonchev–Trinajstić information content (AvgIpc) is 2.77. The molecule has 0 unspecified atom stereocenters. The zero-order chi connectivity index (χ0) is 12.6. The van der Waals surface area contributed by atoms with Crippen LogP contribution in [0.15, 0.2) is 0 Å². The Kier molecular flexibility index (Phi) is 3.46. The number of nitrogens with one attached hydrogen (secondary N) is 1. The SMILES string of the molecule is CCCNC1(c2nc3c(s2)CCCC3)CC(C)C1. The summed E-state index contributed by atoms with van der Waals surface area (Å²) >= 11 is 2.00. The van der Waals surface area contributed by atoms with Crippen molar-refractivity contribution in [3.63, 3.8) is 0 Å². The molecule has 0 amide bonds. The fourth-order valence-electron chi connectivity index (χ4n) is 3.45.